The molecule has 1 saturated heterocycles. The Labute approximate surface area is 184 Å². The Morgan fingerprint density at radius 1 is 1.39 bits per heavy atom. The molecule has 0 bridgehead atoms. The van der Waals surface area contributed by atoms with Crippen molar-refractivity contribution in [2.45, 2.75) is 26.0 Å². The third-order valence-corrected chi connectivity index (χ3v) is 5.19. The molecule has 1 N–H and O–H groups in total. The van der Waals surface area contributed by atoms with Crippen molar-refractivity contribution in [3.63, 3.8) is 0 Å². The average Bonchev–Trinajstić information content (AvgIpc) is 3.23. The fourth-order valence-electron chi connectivity index (χ4n) is 3.75. The van der Waals surface area contributed by atoms with E-state index in [0.717, 1.165) is 48.0 Å². The van der Waals surface area contributed by atoms with E-state index in [2.05, 4.69) is 34.9 Å². The van der Waals surface area contributed by atoms with Gasteiger partial charge in [-0.3, -0.25) is 4.68 Å². The number of aliphatic imine (C=N–C) groups is 1. The van der Waals surface area contributed by atoms with Gasteiger partial charge in [-0.25, -0.2) is 4.99 Å². The standard InChI is InChI=1S/C23H33N5O3/c1-6-8-18-11-17(12-20(29-4)22(18)30-5)13-25-23(24-7-2)28-9-10-31-21(16-28)19-14-26-27(3)15-19/h6,11-12,14-15,21H,1,7-10,13,16H2,2-5H3,(H,24,25). The van der Waals surface area contributed by atoms with Gasteiger partial charge in [0.15, 0.2) is 17.5 Å². The summed E-state index contributed by atoms with van der Waals surface area (Å²) in [6.07, 6.45) is 6.41. The molecular weight excluding hydrogens is 394 g/mol. The number of morpholine rings is 1. The van der Waals surface area contributed by atoms with Gasteiger partial charge in [0, 0.05) is 37.5 Å². The van der Waals surface area contributed by atoms with Gasteiger partial charge in [0.05, 0.1) is 40.1 Å². The lowest BCUT2D eigenvalue weighted by atomic mass is 10.1. The summed E-state index contributed by atoms with van der Waals surface area (Å²) in [5.74, 6) is 2.33. The maximum absolute atomic E-state index is 5.98. The first-order valence-electron chi connectivity index (χ1n) is 10.6. The summed E-state index contributed by atoms with van der Waals surface area (Å²) in [6, 6.07) is 4.09. The second kappa shape index (κ2) is 10.9. The minimum atomic E-state index is -0.0217. The molecule has 1 aromatic carbocycles. The molecule has 0 aliphatic carbocycles. The molecule has 2 aromatic rings. The molecule has 0 amide bonds. The first-order chi connectivity index (χ1) is 15.1. The van der Waals surface area contributed by atoms with E-state index in [4.69, 9.17) is 19.2 Å². The Morgan fingerprint density at radius 3 is 2.87 bits per heavy atom. The topological polar surface area (TPSA) is 73.1 Å². The second-order valence-electron chi connectivity index (χ2n) is 7.41. The first-order valence-corrected chi connectivity index (χ1v) is 10.6. The number of benzene rings is 1. The average molecular weight is 428 g/mol. The highest BCUT2D eigenvalue weighted by Gasteiger charge is 2.25. The van der Waals surface area contributed by atoms with Crippen molar-refractivity contribution in [1.29, 1.82) is 0 Å². The van der Waals surface area contributed by atoms with Crippen molar-refractivity contribution in [2.24, 2.45) is 12.0 Å². The largest absolute Gasteiger partial charge is 0.493 e. The monoisotopic (exact) mass is 427 g/mol. The number of methoxy groups -OCH3 is 2. The predicted octanol–water partition coefficient (Wildman–Crippen LogP) is 2.70. The van der Waals surface area contributed by atoms with E-state index in [1.807, 2.05) is 31.6 Å². The van der Waals surface area contributed by atoms with Gasteiger partial charge in [0.25, 0.3) is 0 Å². The lowest BCUT2D eigenvalue weighted by Gasteiger charge is -2.34. The maximum Gasteiger partial charge on any atom is 0.194 e. The number of ether oxygens (including phenoxy) is 3. The van der Waals surface area contributed by atoms with Gasteiger partial charge < -0.3 is 24.4 Å². The number of allylic oxidation sites excluding steroid dienone is 1. The maximum atomic E-state index is 5.98. The van der Waals surface area contributed by atoms with Crippen LogP contribution in [0.5, 0.6) is 11.5 Å². The highest BCUT2D eigenvalue weighted by atomic mass is 16.5. The number of hydrogen-bond donors (Lipinski definition) is 1. The van der Waals surface area contributed by atoms with Gasteiger partial charge in [-0.05, 0) is 31.0 Å². The van der Waals surface area contributed by atoms with Crippen LogP contribution in [0.2, 0.25) is 0 Å². The number of aromatic nitrogens is 2. The smallest absolute Gasteiger partial charge is 0.194 e. The Kier molecular flexibility index (Phi) is 7.94. The van der Waals surface area contributed by atoms with E-state index >= 15 is 0 Å². The molecule has 0 spiro atoms. The van der Waals surface area contributed by atoms with Crippen LogP contribution >= 0.6 is 0 Å². The molecule has 8 nitrogen and oxygen atoms in total. The normalized spacial score (nSPS) is 16.8. The van der Waals surface area contributed by atoms with Crippen LogP contribution in [0.4, 0.5) is 0 Å². The molecule has 1 unspecified atom stereocenters. The van der Waals surface area contributed by atoms with Gasteiger partial charge >= 0.3 is 0 Å². The summed E-state index contributed by atoms with van der Waals surface area (Å²) >= 11 is 0. The van der Waals surface area contributed by atoms with E-state index in [-0.39, 0.29) is 6.10 Å². The zero-order valence-electron chi connectivity index (χ0n) is 18.9. The van der Waals surface area contributed by atoms with Crippen LogP contribution in [0.25, 0.3) is 0 Å². The van der Waals surface area contributed by atoms with Crippen molar-refractivity contribution < 1.29 is 14.2 Å². The van der Waals surface area contributed by atoms with Gasteiger partial charge in [0.1, 0.15) is 6.10 Å². The summed E-state index contributed by atoms with van der Waals surface area (Å²) in [5, 5.41) is 7.69. The molecule has 0 saturated carbocycles. The molecule has 3 rings (SSSR count). The van der Waals surface area contributed by atoms with Crippen molar-refractivity contribution in [2.75, 3.05) is 40.5 Å². The third kappa shape index (κ3) is 5.58. The Morgan fingerprint density at radius 2 is 2.23 bits per heavy atom. The zero-order chi connectivity index (χ0) is 22.2. The number of rotatable bonds is 8. The van der Waals surface area contributed by atoms with Crippen LogP contribution in [0.15, 0.2) is 42.2 Å². The van der Waals surface area contributed by atoms with E-state index in [1.54, 1.807) is 18.9 Å². The molecule has 0 radical (unpaired) electrons. The van der Waals surface area contributed by atoms with Gasteiger partial charge in [-0.15, -0.1) is 6.58 Å². The molecule has 2 heterocycles. The summed E-state index contributed by atoms with van der Waals surface area (Å²) in [6.45, 7) is 9.41. The van der Waals surface area contributed by atoms with Crippen LogP contribution in [0.3, 0.4) is 0 Å². The lowest BCUT2D eigenvalue weighted by Crippen LogP contribution is -2.48. The Bertz CT molecular complexity index is 909. The van der Waals surface area contributed by atoms with Crippen LogP contribution in [0, 0.1) is 0 Å². The number of guanidine groups is 1. The SMILES string of the molecule is C=CCc1cc(CN=C(NCC)N2CCOC(c3cnn(C)c3)C2)cc(OC)c1OC. The fourth-order valence-corrected chi connectivity index (χ4v) is 3.75. The van der Waals surface area contributed by atoms with Crippen molar-refractivity contribution >= 4 is 5.96 Å². The molecule has 1 aliphatic rings. The van der Waals surface area contributed by atoms with Crippen molar-refractivity contribution in [1.82, 2.24) is 20.0 Å². The van der Waals surface area contributed by atoms with Gasteiger partial charge in [-0.1, -0.05) is 6.08 Å². The Hall–Kier alpha value is -3.00. The summed E-state index contributed by atoms with van der Waals surface area (Å²) in [4.78, 5) is 7.15. The van der Waals surface area contributed by atoms with E-state index in [9.17, 15) is 0 Å². The lowest BCUT2D eigenvalue weighted by molar-refractivity contribution is -0.00805. The molecule has 8 heteroatoms. The van der Waals surface area contributed by atoms with E-state index < -0.39 is 0 Å². The molecule has 31 heavy (non-hydrogen) atoms. The molecule has 1 atom stereocenters. The molecule has 1 aromatic heterocycles. The number of hydrogen-bond acceptors (Lipinski definition) is 5. The molecular formula is C23H33N5O3. The molecule has 1 aliphatic heterocycles. The Balaban J connectivity index is 1.80. The molecule has 168 valence electrons. The first kappa shape index (κ1) is 22.7. The van der Waals surface area contributed by atoms with Crippen molar-refractivity contribution in [3.8, 4) is 11.5 Å². The number of nitrogens with zero attached hydrogens (tertiary/aromatic N) is 4. The highest BCUT2D eigenvalue weighted by Crippen LogP contribution is 2.33. The van der Waals surface area contributed by atoms with Gasteiger partial charge in [-0.2, -0.15) is 5.10 Å². The van der Waals surface area contributed by atoms with Crippen LogP contribution in [0.1, 0.15) is 29.7 Å². The second-order valence-corrected chi connectivity index (χ2v) is 7.41. The van der Waals surface area contributed by atoms with Crippen LogP contribution in [-0.2, 0) is 24.8 Å². The number of nitrogens with one attached hydrogen (secondary N) is 1. The van der Waals surface area contributed by atoms with Crippen LogP contribution < -0.4 is 14.8 Å². The number of aryl methyl sites for hydroxylation is 1. The summed E-state index contributed by atoms with van der Waals surface area (Å²) in [5.41, 5.74) is 3.18. The summed E-state index contributed by atoms with van der Waals surface area (Å²) in [7, 11) is 5.22. The zero-order valence-corrected chi connectivity index (χ0v) is 18.9. The minimum Gasteiger partial charge on any atom is -0.493 e. The van der Waals surface area contributed by atoms with Gasteiger partial charge in [0.2, 0.25) is 0 Å². The minimum absolute atomic E-state index is 0.0217. The highest BCUT2D eigenvalue weighted by molar-refractivity contribution is 5.80. The molecule has 1 fully saturated rings. The summed E-state index contributed by atoms with van der Waals surface area (Å²) < 4.78 is 18.9. The third-order valence-electron chi connectivity index (χ3n) is 5.19. The van der Waals surface area contributed by atoms with E-state index in [0.29, 0.717) is 25.3 Å². The fraction of sp³-hybridized carbons (Fsp3) is 0.478. The quantitative estimate of drug-likeness (QED) is 0.397. The predicted molar refractivity (Wildman–Crippen MR) is 122 cm³/mol. The van der Waals surface area contributed by atoms with Crippen LogP contribution in [-0.4, -0.2) is 61.1 Å². The van der Waals surface area contributed by atoms with Crippen molar-refractivity contribution in [3.05, 3.63) is 53.9 Å². The van der Waals surface area contributed by atoms with E-state index in [1.165, 1.54) is 0 Å².